The molecular formula is C16H22N2O4. The van der Waals surface area contributed by atoms with Crippen LogP contribution in [0.15, 0.2) is 24.3 Å². The molecule has 0 aromatic heterocycles. The number of benzene rings is 1. The summed E-state index contributed by atoms with van der Waals surface area (Å²) in [5.41, 5.74) is 1.39. The second-order valence-electron chi connectivity index (χ2n) is 5.41. The van der Waals surface area contributed by atoms with Crippen LogP contribution in [0.2, 0.25) is 0 Å². The van der Waals surface area contributed by atoms with Gasteiger partial charge in [-0.05, 0) is 30.0 Å². The van der Waals surface area contributed by atoms with Gasteiger partial charge in [0.1, 0.15) is 6.04 Å². The van der Waals surface area contributed by atoms with E-state index in [1.54, 1.807) is 39.1 Å². The van der Waals surface area contributed by atoms with E-state index in [0.29, 0.717) is 12.0 Å². The summed E-state index contributed by atoms with van der Waals surface area (Å²) >= 11 is 0. The van der Waals surface area contributed by atoms with Crippen molar-refractivity contribution >= 4 is 17.8 Å². The molecule has 3 N–H and O–H groups in total. The van der Waals surface area contributed by atoms with Crippen LogP contribution in [-0.4, -0.2) is 36.0 Å². The molecule has 0 aliphatic rings. The van der Waals surface area contributed by atoms with Crippen LogP contribution < -0.4 is 10.6 Å². The Morgan fingerprint density at radius 2 is 1.91 bits per heavy atom. The zero-order valence-corrected chi connectivity index (χ0v) is 13.1. The van der Waals surface area contributed by atoms with Crippen LogP contribution in [0.25, 0.3) is 0 Å². The molecule has 0 heterocycles. The fourth-order valence-corrected chi connectivity index (χ4v) is 2.03. The van der Waals surface area contributed by atoms with E-state index in [2.05, 4.69) is 10.6 Å². The maximum Gasteiger partial charge on any atom is 0.326 e. The van der Waals surface area contributed by atoms with E-state index >= 15 is 0 Å². The molecule has 0 unspecified atom stereocenters. The molecular weight excluding hydrogens is 284 g/mol. The van der Waals surface area contributed by atoms with Crippen molar-refractivity contribution in [2.24, 2.45) is 5.92 Å². The van der Waals surface area contributed by atoms with Gasteiger partial charge in [-0.25, -0.2) is 4.79 Å². The fourth-order valence-electron chi connectivity index (χ4n) is 2.03. The molecule has 0 bridgehead atoms. The van der Waals surface area contributed by atoms with Crippen LogP contribution in [0.4, 0.5) is 0 Å². The molecule has 0 fully saturated rings. The predicted octanol–water partition coefficient (Wildman–Crippen LogP) is 1.20. The molecule has 0 saturated carbocycles. The highest BCUT2D eigenvalue weighted by Crippen LogP contribution is 2.08. The molecule has 0 saturated heterocycles. The summed E-state index contributed by atoms with van der Waals surface area (Å²) < 4.78 is 0. The molecule has 1 aromatic rings. The quantitative estimate of drug-likeness (QED) is 0.705. The number of carbonyl (C=O) groups excluding carboxylic acids is 2. The first-order chi connectivity index (χ1) is 10.3. The van der Waals surface area contributed by atoms with Gasteiger partial charge in [-0.2, -0.15) is 0 Å². The van der Waals surface area contributed by atoms with E-state index in [1.165, 1.54) is 0 Å². The number of rotatable bonds is 7. The van der Waals surface area contributed by atoms with Crippen molar-refractivity contribution < 1.29 is 19.5 Å². The Kier molecular flexibility index (Phi) is 6.56. The summed E-state index contributed by atoms with van der Waals surface area (Å²) in [4.78, 5) is 34.4. The third kappa shape index (κ3) is 5.20. The van der Waals surface area contributed by atoms with Crippen LogP contribution in [0.1, 0.15) is 36.2 Å². The number of aliphatic carboxylic acids is 1. The van der Waals surface area contributed by atoms with Crippen LogP contribution >= 0.6 is 0 Å². The molecule has 0 aliphatic heterocycles. The Balaban J connectivity index is 2.61. The number of carboxylic acid groups (broad SMARTS) is 1. The van der Waals surface area contributed by atoms with E-state index in [-0.39, 0.29) is 24.2 Å². The maximum atomic E-state index is 11.9. The molecule has 1 rings (SSSR count). The number of hydrogen-bond acceptors (Lipinski definition) is 3. The minimum absolute atomic E-state index is 0.174. The van der Waals surface area contributed by atoms with Crippen molar-refractivity contribution in [2.45, 2.75) is 32.7 Å². The van der Waals surface area contributed by atoms with Crippen molar-refractivity contribution in [2.75, 3.05) is 7.05 Å². The molecule has 6 heteroatoms. The summed E-state index contributed by atoms with van der Waals surface area (Å²) in [7, 11) is 1.56. The summed E-state index contributed by atoms with van der Waals surface area (Å²) in [5, 5.41) is 14.1. The molecule has 2 amide bonds. The van der Waals surface area contributed by atoms with E-state index < -0.39 is 12.0 Å². The van der Waals surface area contributed by atoms with Crippen molar-refractivity contribution in [3.05, 3.63) is 35.4 Å². The second-order valence-corrected chi connectivity index (χ2v) is 5.41. The Morgan fingerprint density at radius 3 is 2.45 bits per heavy atom. The normalized spacial score (nSPS) is 11.8. The van der Waals surface area contributed by atoms with Crippen molar-refractivity contribution in [3.63, 3.8) is 0 Å². The average Bonchev–Trinajstić information content (AvgIpc) is 2.49. The summed E-state index contributed by atoms with van der Waals surface area (Å²) in [6, 6.07) is 6.12. The summed E-state index contributed by atoms with van der Waals surface area (Å²) in [6.07, 6.45) is 0.620. The van der Waals surface area contributed by atoms with Crippen molar-refractivity contribution in [1.29, 1.82) is 0 Å². The number of hydrogen-bond donors (Lipinski definition) is 3. The fraction of sp³-hybridized carbons (Fsp3) is 0.438. The SMILES string of the molecule is CNC(=O)c1cccc(CCC(=O)N[C@@H](C(=O)O)C(C)C)c1. The Labute approximate surface area is 129 Å². The maximum absolute atomic E-state index is 11.9. The van der Waals surface area contributed by atoms with E-state index in [1.807, 2.05) is 6.07 Å². The molecule has 1 atom stereocenters. The average molecular weight is 306 g/mol. The highest BCUT2D eigenvalue weighted by Gasteiger charge is 2.23. The van der Waals surface area contributed by atoms with Crippen LogP contribution in [0.5, 0.6) is 0 Å². The van der Waals surface area contributed by atoms with E-state index in [9.17, 15) is 14.4 Å². The minimum atomic E-state index is -1.04. The van der Waals surface area contributed by atoms with E-state index in [4.69, 9.17) is 5.11 Å². The molecule has 0 aliphatic carbocycles. The molecule has 120 valence electrons. The topological polar surface area (TPSA) is 95.5 Å². The van der Waals surface area contributed by atoms with Gasteiger partial charge < -0.3 is 15.7 Å². The number of carboxylic acids is 1. The molecule has 0 spiro atoms. The van der Waals surface area contributed by atoms with Gasteiger partial charge in [-0.1, -0.05) is 26.0 Å². The monoisotopic (exact) mass is 306 g/mol. The van der Waals surface area contributed by atoms with Crippen molar-refractivity contribution in [3.8, 4) is 0 Å². The van der Waals surface area contributed by atoms with Gasteiger partial charge in [0, 0.05) is 19.0 Å². The Hall–Kier alpha value is -2.37. The third-order valence-electron chi connectivity index (χ3n) is 3.31. The lowest BCUT2D eigenvalue weighted by Crippen LogP contribution is -2.44. The van der Waals surface area contributed by atoms with Crippen LogP contribution in [-0.2, 0) is 16.0 Å². The number of amides is 2. The predicted molar refractivity (Wildman–Crippen MR) is 82.6 cm³/mol. The van der Waals surface area contributed by atoms with Crippen LogP contribution in [0.3, 0.4) is 0 Å². The first-order valence-electron chi connectivity index (χ1n) is 7.18. The number of carbonyl (C=O) groups is 3. The molecule has 22 heavy (non-hydrogen) atoms. The first-order valence-corrected chi connectivity index (χ1v) is 7.18. The first kappa shape index (κ1) is 17.7. The van der Waals surface area contributed by atoms with E-state index in [0.717, 1.165) is 5.56 Å². The highest BCUT2D eigenvalue weighted by molar-refractivity contribution is 5.94. The summed E-state index contributed by atoms with van der Waals surface area (Å²) in [5.74, 6) is -1.72. The smallest absolute Gasteiger partial charge is 0.326 e. The Morgan fingerprint density at radius 1 is 1.23 bits per heavy atom. The van der Waals surface area contributed by atoms with Gasteiger partial charge in [-0.3, -0.25) is 9.59 Å². The number of aryl methyl sites for hydroxylation is 1. The second kappa shape index (κ2) is 8.17. The lowest BCUT2D eigenvalue weighted by molar-refractivity contribution is -0.143. The van der Waals surface area contributed by atoms with Gasteiger partial charge in [-0.15, -0.1) is 0 Å². The Bertz CT molecular complexity index is 555. The largest absolute Gasteiger partial charge is 0.480 e. The lowest BCUT2D eigenvalue weighted by Gasteiger charge is -2.17. The zero-order valence-electron chi connectivity index (χ0n) is 13.1. The summed E-state index contributed by atoms with van der Waals surface area (Å²) in [6.45, 7) is 3.48. The van der Waals surface area contributed by atoms with Gasteiger partial charge in [0.25, 0.3) is 5.91 Å². The minimum Gasteiger partial charge on any atom is -0.480 e. The number of nitrogens with one attached hydrogen (secondary N) is 2. The van der Waals surface area contributed by atoms with Gasteiger partial charge in [0.15, 0.2) is 0 Å². The van der Waals surface area contributed by atoms with Gasteiger partial charge in [0.2, 0.25) is 5.91 Å². The molecule has 0 radical (unpaired) electrons. The van der Waals surface area contributed by atoms with Crippen LogP contribution in [0, 0.1) is 5.92 Å². The van der Waals surface area contributed by atoms with Gasteiger partial charge >= 0.3 is 5.97 Å². The third-order valence-corrected chi connectivity index (χ3v) is 3.31. The molecule has 6 nitrogen and oxygen atoms in total. The zero-order chi connectivity index (χ0) is 16.7. The standard InChI is InChI=1S/C16H22N2O4/c1-10(2)14(16(21)22)18-13(19)8-7-11-5-4-6-12(9-11)15(20)17-3/h4-6,9-10,14H,7-8H2,1-3H3,(H,17,20)(H,18,19)(H,21,22)/t14-/m1/s1. The van der Waals surface area contributed by atoms with Gasteiger partial charge in [0.05, 0.1) is 0 Å². The highest BCUT2D eigenvalue weighted by atomic mass is 16.4. The van der Waals surface area contributed by atoms with Crippen molar-refractivity contribution in [1.82, 2.24) is 10.6 Å². The lowest BCUT2D eigenvalue weighted by atomic mass is 10.0. The molecule has 1 aromatic carbocycles.